The Morgan fingerprint density at radius 2 is 1.54 bits per heavy atom. The molecule has 2 aliphatic heterocycles. The second-order valence-electron chi connectivity index (χ2n) is 11.7. The molecule has 192 valence electrons. The van der Waals surface area contributed by atoms with E-state index in [0.717, 1.165) is 42.7 Å². The van der Waals surface area contributed by atoms with Gasteiger partial charge in [0.1, 0.15) is 5.82 Å². The Labute approximate surface area is 219 Å². The lowest BCUT2D eigenvalue weighted by Gasteiger charge is -2.34. The Hall–Kier alpha value is -3.51. The van der Waals surface area contributed by atoms with E-state index in [0.29, 0.717) is 17.4 Å². The van der Waals surface area contributed by atoms with Gasteiger partial charge in [-0.1, -0.05) is 45.0 Å². The minimum absolute atomic E-state index is 0.116. The maximum Gasteiger partial charge on any atom is 0.124 e. The Balaban J connectivity index is 1.39. The smallest absolute Gasteiger partial charge is 0.124 e. The van der Waals surface area contributed by atoms with Crippen LogP contribution in [0.5, 0.6) is 0 Å². The van der Waals surface area contributed by atoms with Crippen molar-refractivity contribution in [3.8, 4) is 0 Å². The molecule has 6 heteroatoms. The fraction of sp³-hybridized carbons (Fsp3) is 0.387. The number of hydrogen-bond donors (Lipinski definition) is 4. The standard InChI is InChI=1S/C31H38N6/c1-31(2,3)21-8-10-22(11-9-21)37-28(19-6-12-23(32)24(33)17-19)14-15-29(37)20-7-13-25-27(18-20)36-30(35-25)26-5-4-16-34-26/h6-13,17-18,26,28-29,34H,4-5,14-16,32-33H2,1-3H3,(H,35,36)/t26-,28?,29?/m0/s1. The van der Waals surface area contributed by atoms with Crippen molar-refractivity contribution in [2.75, 3.05) is 22.9 Å². The molecule has 6 nitrogen and oxygen atoms in total. The van der Waals surface area contributed by atoms with Gasteiger partial charge < -0.3 is 26.7 Å². The first-order valence-electron chi connectivity index (χ1n) is 13.5. The molecule has 2 saturated heterocycles. The molecule has 0 spiro atoms. The third-order valence-electron chi connectivity index (χ3n) is 8.21. The second-order valence-corrected chi connectivity index (χ2v) is 11.7. The molecule has 3 atom stereocenters. The molecule has 0 radical (unpaired) electrons. The van der Waals surface area contributed by atoms with E-state index in [-0.39, 0.29) is 17.5 Å². The minimum Gasteiger partial charge on any atom is -0.397 e. The van der Waals surface area contributed by atoms with Crippen LogP contribution in [-0.2, 0) is 5.41 Å². The number of nitrogens with two attached hydrogens (primary N) is 2. The van der Waals surface area contributed by atoms with Crippen molar-refractivity contribution in [2.24, 2.45) is 0 Å². The monoisotopic (exact) mass is 494 g/mol. The average Bonchev–Trinajstić information content (AvgIpc) is 3.63. The van der Waals surface area contributed by atoms with Crippen LogP contribution in [-0.4, -0.2) is 16.5 Å². The first-order chi connectivity index (χ1) is 17.8. The maximum absolute atomic E-state index is 6.24. The molecule has 1 aromatic heterocycles. The lowest BCUT2D eigenvalue weighted by atomic mass is 9.87. The number of imidazole rings is 1. The van der Waals surface area contributed by atoms with E-state index in [1.165, 1.54) is 28.8 Å². The number of nitrogens with zero attached hydrogens (tertiary/aromatic N) is 2. The lowest BCUT2D eigenvalue weighted by Crippen LogP contribution is -2.26. The van der Waals surface area contributed by atoms with Gasteiger partial charge in [0.05, 0.1) is 40.5 Å². The van der Waals surface area contributed by atoms with Crippen molar-refractivity contribution < 1.29 is 0 Å². The van der Waals surface area contributed by atoms with Crippen molar-refractivity contribution >= 4 is 28.1 Å². The molecule has 37 heavy (non-hydrogen) atoms. The summed E-state index contributed by atoms with van der Waals surface area (Å²) in [7, 11) is 0. The molecular weight excluding hydrogens is 456 g/mol. The van der Waals surface area contributed by atoms with Crippen LogP contribution in [0.25, 0.3) is 11.0 Å². The van der Waals surface area contributed by atoms with E-state index >= 15 is 0 Å². The van der Waals surface area contributed by atoms with Crippen LogP contribution in [0.15, 0.2) is 60.7 Å². The van der Waals surface area contributed by atoms with Crippen molar-refractivity contribution in [3.63, 3.8) is 0 Å². The number of anilines is 3. The van der Waals surface area contributed by atoms with Gasteiger partial charge in [-0.2, -0.15) is 0 Å². The molecule has 3 aromatic carbocycles. The van der Waals surface area contributed by atoms with Crippen LogP contribution in [0, 0.1) is 0 Å². The van der Waals surface area contributed by atoms with Crippen LogP contribution >= 0.6 is 0 Å². The topological polar surface area (TPSA) is 96.0 Å². The zero-order chi connectivity index (χ0) is 25.7. The van der Waals surface area contributed by atoms with Gasteiger partial charge in [-0.05, 0) is 90.7 Å². The van der Waals surface area contributed by atoms with Crippen LogP contribution in [0.1, 0.15) is 87.1 Å². The molecule has 6 rings (SSSR count). The van der Waals surface area contributed by atoms with Crippen LogP contribution < -0.4 is 21.7 Å². The highest BCUT2D eigenvalue weighted by Gasteiger charge is 2.36. The number of benzene rings is 3. The first-order valence-corrected chi connectivity index (χ1v) is 13.5. The van der Waals surface area contributed by atoms with Crippen LogP contribution in [0.3, 0.4) is 0 Å². The summed E-state index contributed by atoms with van der Waals surface area (Å²) in [6.07, 6.45) is 4.45. The summed E-state index contributed by atoms with van der Waals surface area (Å²) in [5.41, 5.74) is 21.0. The van der Waals surface area contributed by atoms with E-state index in [4.69, 9.17) is 16.5 Å². The number of nitrogens with one attached hydrogen (secondary N) is 2. The largest absolute Gasteiger partial charge is 0.397 e. The summed E-state index contributed by atoms with van der Waals surface area (Å²) in [5.74, 6) is 1.06. The van der Waals surface area contributed by atoms with Crippen molar-refractivity contribution in [1.82, 2.24) is 15.3 Å². The van der Waals surface area contributed by atoms with Crippen LogP contribution in [0.4, 0.5) is 17.1 Å². The van der Waals surface area contributed by atoms with Gasteiger partial charge in [-0.3, -0.25) is 0 Å². The number of rotatable bonds is 4. The van der Waals surface area contributed by atoms with Gasteiger partial charge in [-0.15, -0.1) is 0 Å². The molecule has 0 saturated carbocycles. The van der Waals surface area contributed by atoms with E-state index in [1.807, 2.05) is 6.07 Å². The van der Waals surface area contributed by atoms with Gasteiger partial charge in [-0.25, -0.2) is 4.98 Å². The van der Waals surface area contributed by atoms with Crippen molar-refractivity contribution in [2.45, 2.75) is 70.0 Å². The van der Waals surface area contributed by atoms with Gasteiger partial charge >= 0.3 is 0 Å². The molecule has 6 N–H and O–H groups in total. The fourth-order valence-corrected chi connectivity index (χ4v) is 6.10. The molecule has 3 heterocycles. The third-order valence-corrected chi connectivity index (χ3v) is 8.21. The fourth-order valence-electron chi connectivity index (χ4n) is 6.10. The predicted octanol–water partition coefficient (Wildman–Crippen LogP) is 6.53. The zero-order valence-corrected chi connectivity index (χ0v) is 22.1. The number of H-pyrrole nitrogens is 1. The molecule has 4 aromatic rings. The minimum atomic E-state index is 0.116. The predicted molar refractivity (Wildman–Crippen MR) is 154 cm³/mol. The summed E-state index contributed by atoms with van der Waals surface area (Å²) >= 11 is 0. The van der Waals surface area contributed by atoms with Crippen molar-refractivity contribution in [1.29, 1.82) is 0 Å². The number of hydrogen-bond acceptors (Lipinski definition) is 5. The Bertz CT molecular complexity index is 1410. The molecular formula is C31H38N6. The van der Waals surface area contributed by atoms with Gasteiger partial charge in [0, 0.05) is 5.69 Å². The molecule has 2 aliphatic rings. The third kappa shape index (κ3) is 4.44. The second kappa shape index (κ2) is 9.10. The quantitative estimate of drug-likeness (QED) is 0.242. The van der Waals surface area contributed by atoms with E-state index in [1.54, 1.807) is 0 Å². The van der Waals surface area contributed by atoms with E-state index < -0.39 is 0 Å². The molecule has 0 amide bonds. The molecule has 0 bridgehead atoms. The summed E-state index contributed by atoms with van der Waals surface area (Å²) in [6.45, 7) is 7.84. The molecule has 0 aliphatic carbocycles. The Morgan fingerprint density at radius 1 is 0.838 bits per heavy atom. The van der Waals surface area contributed by atoms with E-state index in [2.05, 4.69) is 90.6 Å². The van der Waals surface area contributed by atoms with Gasteiger partial charge in [0.15, 0.2) is 0 Å². The summed E-state index contributed by atoms with van der Waals surface area (Å²) in [4.78, 5) is 11.1. The van der Waals surface area contributed by atoms with Gasteiger partial charge in [0.25, 0.3) is 0 Å². The normalized spacial score (nSPS) is 22.2. The highest BCUT2D eigenvalue weighted by Crippen LogP contribution is 2.48. The Morgan fingerprint density at radius 3 is 2.19 bits per heavy atom. The summed E-state index contributed by atoms with van der Waals surface area (Å²) in [6, 6.07) is 22.8. The SMILES string of the molecule is CC(C)(C)c1ccc(N2C(c3ccc(N)c(N)c3)CCC2c2ccc3nc([C@@H]4CCCN4)[nH]c3c2)cc1. The maximum atomic E-state index is 6.24. The molecule has 2 unspecified atom stereocenters. The highest BCUT2D eigenvalue weighted by molar-refractivity contribution is 5.76. The average molecular weight is 495 g/mol. The highest BCUT2D eigenvalue weighted by atomic mass is 15.2. The number of aromatic nitrogens is 2. The van der Waals surface area contributed by atoms with E-state index in [9.17, 15) is 0 Å². The lowest BCUT2D eigenvalue weighted by molar-refractivity contribution is 0.589. The number of nitrogen functional groups attached to an aromatic ring is 2. The van der Waals surface area contributed by atoms with Crippen LogP contribution in [0.2, 0.25) is 0 Å². The summed E-state index contributed by atoms with van der Waals surface area (Å²) < 4.78 is 0. The number of aromatic amines is 1. The first kappa shape index (κ1) is 23.9. The Kier molecular flexibility index (Phi) is 5.87. The van der Waals surface area contributed by atoms with Crippen molar-refractivity contribution in [3.05, 3.63) is 83.2 Å². The molecule has 2 fully saturated rings. The zero-order valence-electron chi connectivity index (χ0n) is 22.1. The summed E-state index contributed by atoms with van der Waals surface area (Å²) in [5, 5.41) is 3.56. The number of fused-ring (bicyclic) bond motifs is 1. The van der Waals surface area contributed by atoms with Gasteiger partial charge in [0.2, 0.25) is 0 Å².